The fourth-order valence-corrected chi connectivity index (χ4v) is 8.14. The van der Waals surface area contributed by atoms with Crippen LogP contribution in [0, 0.1) is 0 Å². The SMILES string of the molecule is CC/C=C\C/C=C\C/C=C\CCCCCCCC(=O)OCC(COC1OC(C(=O)O)C(O)C(O)C1OC(=O)CCCCCCCCCCCCC)OC(=O)CCCCCCC/C=C\CCCCCC. The lowest BCUT2D eigenvalue weighted by Crippen LogP contribution is -2.61. The molecule has 0 amide bonds. The van der Waals surface area contributed by atoms with Crippen molar-refractivity contribution in [1.29, 1.82) is 0 Å². The third kappa shape index (κ3) is 36.3. The zero-order valence-corrected chi connectivity index (χ0v) is 43.6. The standard InChI is InChI=1S/C57H98O12/c1-4-7-10-13-16-19-22-24-25-27-29-31-34-37-40-43-49(58)65-46-48(67-50(59)44-41-38-35-33-30-26-23-20-17-14-11-8-5-2)47-66-57-55(53(62)52(61)54(69-57)56(63)64)68-51(60)45-42-39-36-32-28-21-18-15-12-9-6-3/h7,10,16,19-20,23-25,48,52-55,57,61-62H,4-6,8-9,11-15,17-18,21-22,26-47H2,1-3H3,(H,63,64)/b10-7-,19-16-,23-20-,25-24-. The Hall–Kier alpha value is -3.32. The number of allylic oxidation sites excluding steroid dienone is 8. The van der Waals surface area contributed by atoms with E-state index in [2.05, 4.69) is 69.4 Å². The molecule has 1 rings (SSSR count). The van der Waals surface area contributed by atoms with Crippen molar-refractivity contribution >= 4 is 23.9 Å². The molecule has 6 atom stereocenters. The number of hydrogen-bond acceptors (Lipinski definition) is 11. The second-order valence-corrected chi connectivity index (χ2v) is 18.8. The van der Waals surface area contributed by atoms with E-state index in [4.69, 9.17) is 23.7 Å². The van der Waals surface area contributed by atoms with Crippen molar-refractivity contribution < 1.29 is 58.2 Å². The molecule has 3 N–H and O–H groups in total. The fraction of sp³-hybridized carbons (Fsp3) is 0.789. The smallest absolute Gasteiger partial charge is 0.335 e. The topological polar surface area (TPSA) is 175 Å². The monoisotopic (exact) mass is 975 g/mol. The van der Waals surface area contributed by atoms with E-state index in [1.54, 1.807) is 0 Å². The lowest BCUT2D eigenvalue weighted by molar-refractivity contribution is -0.301. The van der Waals surface area contributed by atoms with Crippen molar-refractivity contribution in [1.82, 2.24) is 0 Å². The molecule has 0 spiro atoms. The van der Waals surface area contributed by atoms with Crippen LogP contribution in [0.15, 0.2) is 48.6 Å². The Morgan fingerprint density at radius 2 is 0.913 bits per heavy atom. The Kier molecular flexibility index (Phi) is 42.3. The van der Waals surface area contributed by atoms with E-state index in [-0.39, 0.29) is 25.9 Å². The summed E-state index contributed by atoms with van der Waals surface area (Å²) in [5.41, 5.74) is 0. The Morgan fingerprint density at radius 1 is 0.493 bits per heavy atom. The van der Waals surface area contributed by atoms with E-state index in [0.29, 0.717) is 19.3 Å². The Balaban J connectivity index is 2.73. The first kappa shape index (κ1) is 63.7. The molecule has 0 aromatic carbocycles. The minimum atomic E-state index is -1.90. The maximum Gasteiger partial charge on any atom is 0.335 e. The average Bonchev–Trinajstić information content (AvgIpc) is 3.33. The van der Waals surface area contributed by atoms with Crippen LogP contribution in [-0.2, 0) is 42.9 Å². The third-order valence-electron chi connectivity index (χ3n) is 12.4. The van der Waals surface area contributed by atoms with Crippen LogP contribution in [0.5, 0.6) is 0 Å². The van der Waals surface area contributed by atoms with Crippen LogP contribution in [0.25, 0.3) is 0 Å². The van der Waals surface area contributed by atoms with Gasteiger partial charge in [-0.25, -0.2) is 4.79 Å². The van der Waals surface area contributed by atoms with E-state index >= 15 is 0 Å². The normalized spacial score (nSPS) is 19.0. The maximum absolute atomic E-state index is 13.1. The molecule has 6 unspecified atom stereocenters. The Morgan fingerprint density at radius 3 is 1.42 bits per heavy atom. The Labute approximate surface area is 418 Å². The number of carbonyl (C=O) groups is 4. The molecule has 1 aliphatic rings. The molecule has 1 aliphatic heterocycles. The van der Waals surface area contributed by atoms with Gasteiger partial charge in [0.25, 0.3) is 0 Å². The molecule has 1 heterocycles. The zero-order chi connectivity index (χ0) is 50.4. The summed E-state index contributed by atoms with van der Waals surface area (Å²) in [6.07, 6.45) is 40.9. The van der Waals surface area contributed by atoms with E-state index in [1.807, 2.05) is 0 Å². The summed E-state index contributed by atoms with van der Waals surface area (Å²) in [6.45, 7) is 5.82. The molecular formula is C57H98O12. The minimum absolute atomic E-state index is 0.0605. The van der Waals surface area contributed by atoms with Gasteiger partial charge in [0.2, 0.25) is 0 Å². The number of esters is 3. The minimum Gasteiger partial charge on any atom is -0.479 e. The van der Waals surface area contributed by atoms with E-state index in [1.165, 1.54) is 64.2 Å². The van der Waals surface area contributed by atoms with E-state index < -0.39 is 67.3 Å². The molecule has 0 radical (unpaired) electrons. The van der Waals surface area contributed by atoms with Crippen molar-refractivity contribution in [2.45, 2.75) is 276 Å². The van der Waals surface area contributed by atoms with Gasteiger partial charge in [0.15, 0.2) is 24.6 Å². The Bertz CT molecular complexity index is 1390. The summed E-state index contributed by atoms with van der Waals surface area (Å²) in [4.78, 5) is 50.9. The highest BCUT2D eigenvalue weighted by Gasteiger charge is 2.50. The van der Waals surface area contributed by atoms with Crippen molar-refractivity contribution in [3.63, 3.8) is 0 Å². The quantitative estimate of drug-likeness (QED) is 0.0228. The molecule has 12 heteroatoms. The molecule has 1 saturated heterocycles. The molecule has 69 heavy (non-hydrogen) atoms. The molecule has 0 aromatic heterocycles. The van der Waals surface area contributed by atoms with Gasteiger partial charge in [-0.2, -0.15) is 0 Å². The predicted octanol–water partition coefficient (Wildman–Crippen LogP) is 13.4. The third-order valence-corrected chi connectivity index (χ3v) is 12.4. The number of rotatable bonds is 46. The van der Waals surface area contributed by atoms with E-state index in [0.717, 1.165) is 116 Å². The van der Waals surface area contributed by atoms with E-state index in [9.17, 15) is 34.5 Å². The summed E-state index contributed by atoms with van der Waals surface area (Å²) < 4.78 is 28.3. The average molecular weight is 975 g/mol. The summed E-state index contributed by atoms with van der Waals surface area (Å²) >= 11 is 0. The summed E-state index contributed by atoms with van der Waals surface area (Å²) in [7, 11) is 0. The first-order valence-corrected chi connectivity index (χ1v) is 27.6. The molecule has 0 saturated carbocycles. The first-order valence-electron chi connectivity index (χ1n) is 27.6. The lowest BCUT2D eigenvalue weighted by atomic mass is 9.98. The lowest BCUT2D eigenvalue weighted by Gasteiger charge is -2.40. The van der Waals surface area contributed by atoms with Crippen LogP contribution in [0.4, 0.5) is 0 Å². The predicted molar refractivity (Wildman–Crippen MR) is 276 cm³/mol. The summed E-state index contributed by atoms with van der Waals surface area (Å²) in [6, 6.07) is 0. The van der Waals surface area contributed by atoms with Gasteiger partial charge in [0, 0.05) is 19.3 Å². The first-order chi connectivity index (χ1) is 33.6. The molecule has 1 fully saturated rings. The number of ether oxygens (including phenoxy) is 5. The highest BCUT2D eigenvalue weighted by Crippen LogP contribution is 2.26. The second-order valence-electron chi connectivity index (χ2n) is 18.8. The van der Waals surface area contributed by atoms with Crippen LogP contribution in [0.3, 0.4) is 0 Å². The van der Waals surface area contributed by atoms with Crippen LogP contribution < -0.4 is 0 Å². The van der Waals surface area contributed by atoms with Gasteiger partial charge < -0.3 is 39.0 Å². The van der Waals surface area contributed by atoms with Crippen molar-refractivity contribution in [3.8, 4) is 0 Å². The maximum atomic E-state index is 13.1. The number of unbranched alkanes of at least 4 members (excludes halogenated alkanes) is 24. The van der Waals surface area contributed by atoms with Crippen LogP contribution in [0.2, 0.25) is 0 Å². The van der Waals surface area contributed by atoms with Gasteiger partial charge >= 0.3 is 23.9 Å². The van der Waals surface area contributed by atoms with Gasteiger partial charge in [-0.1, -0.05) is 191 Å². The highest BCUT2D eigenvalue weighted by atomic mass is 16.7. The number of carboxylic acid groups (broad SMARTS) is 1. The van der Waals surface area contributed by atoms with Gasteiger partial charge in [-0.15, -0.1) is 0 Å². The number of aliphatic hydroxyl groups is 2. The molecule has 0 aromatic rings. The van der Waals surface area contributed by atoms with Crippen LogP contribution >= 0.6 is 0 Å². The molecule has 0 aliphatic carbocycles. The van der Waals surface area contributed by atoms with Gasteiger partial charge in [-0.05, 0) is 77.0 Å². The number of aliphatic hydroxyl groups excluding tert-OH is 2. The summed E-state index contributed by atoms with van der Waals surface area (Å²) in [5, 5.41) is 31.3. The highest BCUT2D eigenvalue weighted by molar-refractivity contribution is 5.74. The van der Waals surface area contributed by atoms with Crippen LogP contribution in [-0.4, -0.2) is 89.2 Å². The second kappa shape index (κ2) is 45.8. The van der Waals surface area contributed by atoms with Gasteiger partial charge in [-0.3, -0.25) is 14.4 Å². The number of aliphatic carboxylic acids is 1. The molecule has 12 nitrogen and oxygen atoms in total. The van der Waals surface area contributed by atoms with Crippen molar-refractivity contribution in [2.24, 2.45) is 0 Å². The van der Waals surface area contributed by atoms with Crippen molar-refractivity contribution in [3.05, 3.63) is 48.6 Å². The molecule has 0 bridgehead atoms. The number of hydrogen-bond donors (Lipinski definition) is 3. The zero-order valence-electron chi connectivity index (χ0n) is 43.6. The summed E-state index contributed by atoms with van der Waals surface area (Å²) in [5.74, 6) is -3.14. The molecule has 398 valence electrons. The van der Waals surface area contributed by atoms with Gasteiger partial charge in [0.05, 0.1) is 6.61 Å². The number of carbonyl (C=O) groups excluding carboxylic acids is 3. The van der Waals surface area contributed by atoms with Crippen molar-refractivity contribution in [2.75, 3.05) is 13.2 Å². The number of carboxylic acids is 1. The fourth-order valence-electron chi connectivity index (χ4n) is 8.14. The largest absolute Gasteiger partial charge is 0.479 e. The van der Waals surface area contributed by atoms with Crippen LogP contribution in [0.1, 0.15) is 239 Å². The molecular weight excluding hydrogens is 877 g/mol. The van der Waals surface area contributed by atoms with Gasteiger partial charge in [0.1, 0.15) is 18.8 Å².